The van der Waals surface area contributed by atoms with Gasteiger partial charge in [0.05, 0.1) is 11.3 Å². The zero-order chi connectivity index (χ0) is 10.8. The Bertz CT molecular complexity index is 347. The first-order chi connectivity index (χ1) is 6.47. The number of pyridine rings is 1. The summed E-state index contributed by atoms with van der Waals surface area (Å²) in [5.74, 6) is -0.958. The molecule has 0 saturated heterocycles. The van der Waals surface area contributed by atoms with Crippen molar-refractivity contribution in [3.05, 3.63) is 29.6 Å². The monoisotopic (exact) mass is 195 g/mol. The molecular formula is C10H13NO3. The minimum atomic E-state index is -0.958. The first-order valence-electron chi connectivity index (χ1n) is 4.22. The predicted molar refractivity (Wildman–Crippen MR) is 51.2 cm³/mol. The Balaban J connectivity index is 3.12. The predicted octanol–water partition coefficient (Wildman–Crippen LogP) is 1.66. The van der Waals surface area contributed by atoms with E-state index in [1.54, 1.807) is 7.11 Å². The number of aromatic nitrogens is 1. The summed E-state index contributed by atoms with van der Waals surface area (Å²) in [6.07, 6.45) is 1.47. The summed E-state index contributed by atoms with van der Waals surface area (Å²) in [6.45, 7) is 3.67. The summed E-state index contributed by atoms with van der Waals surface area (Å²) in [5.41, 5.74) is 0.269. The first kappa shape index (κ1) is 10.7. The number of ether oxygens (including phenoxy) is 1. The smallest absolute Gasteiger partial charge is 0.335 e. The molecule has 1 aromatic heterocycles. The topological polar surface area (TPSA) is 59.4 Å². The van der Waals surface area contributed by atoms with E-state index in [0.29, 0.717) is 5.69 Å². The van der Waals surface area contributed by atoms with E-state index in [4.69, 9.17) is 9.84 Å². The Hall–Kier alpha value is -1.42. The Morgan fingerprint density at radius 2 is 2.21 bits per heavy atom. The van der Waals surface area contributed by atoms with Crippen LogP contribution in [0.4, 0.5) is 0 Å². The van der Waals surface area contributed by atoms with Crippen LogP contribution in [0, 0.1) is 0 Å². The average molecular weight is 195 g/mol. The standard InChI is InChI=1S/C10H13NO3/c1-10(2,14-3)8-6-7(9(12)13)4-5-11-8/h4-6H,1-3H3,(H,12,13). The average Bonchev–Trinajstić information content (AvgIpc) is 2.18. The van der Waals surface area contributed by atoms with E-state index >= 15 is 0 Å². The van der Waals surface area contributed by atoms with Crippen LogP contribution in [0.25, 0.3) is 0 Å². The van der Waals surface area contributed by atoms with E-state index in [1.165, 1.54) is 18.3 Å². The zero-order valence-corrected chi connectivity index (χ0v) is 8.44. The highest BCUT2D eigenvalue weighted by Gasteiger charge is 2.21. The van der Waals surface area contributed by atoms with Crippen LogP contribution in [0.1, 0.15) is 29.9 Å². The summed E-state index contributed by atoms with van der Waals surface area (Å²) >= 11 is 0. The van der Waals surface area contributed by atoms with Crippen molar-refractivity contribution in [1.29, 1.82) is 0 Å². The molecule has 0 spiro atoms. The van der Waals surface area contributed by atoms with Crippen LogP contribution in [0.2, 0.25) is 0 Å². The van der Waals surface area contributed by atoms with Gasteiger partial charge in [0.1, 0.15) is 5.60 Å². The SMILES string of the molecule is COC(C)(C)c1cc(C(=O)O)ccn1. The molecule has 0 atom stereocenters. The molecule has 0 unspecified atom stereocenters. The van der Waals surface area contributed by atoms with Crippen molar-refractivity contribution in [2.45, 2.75) is 19.4 Å². The van der Waals surface area contributed by atoms with Crippen molar-refractivity contribution in [2.75, 3.05) is 7.11 Å². The van der Waals surface area contributed by atoms with Crippen LogP contribution >= 0.6 is 0 Å². The number of carboxylic acid groups (broad SMARTS) is 1. The lowest BCUT2D eigenvalue weighted by molar-refractivity contribution is 0.0154. The molecule has 14 heavy (non-hydrogen) atoms. The minimum Gasteiger partial charge on any atom is -0.478 e. The summed E-state index contributed by atoms with van der Waals surface area (Å²) in [6, 6.07) is 2.98. The van der Waals surface area contributed by atoms with Gasteiger partial charge in [0.25, 0.3) is 0 Å². The Labute approximate surface area is 82.5 Å². The van der Waals surface area contributed by atoms with Gasteiger partial charge in [0.2, 0.25) is 0 Å². The molecular weight excluding hydrogens is 182 g/mol. The second-order valence-electron chi connectivity index (χ2n) is 3.45. The van der Waals surface area contributed by atoms with Crippen molar-refractivity contribution >= 4 is 5.97 Å². The molecule has 1 rings (SSSR count). The lowest BCUT2D eigenvalue weighted by Crippen LogP contribution is -2.21. The van der Waals surface area contributed by atoms with Gasteiger partial charge in [-0.2, -0.15) is 0 Å². The maximum atomic E-state index is 10.7. The summed E-state index contributed by atoms with van der Waals surface area (Å²) in [7, 11) is 1.56. The molecule has 0 aliphatic carbocycles. The first-order valence-corrected chi connectivity index (χ1v) is 4.22. The highest BCUT2D eigenvalue weighted by Crippen LogP contribution is 2.21. The van der Waals surface area contributed by atoms with E-state index < -0.39 is 11.6 Å². The number of hydrogen-bond donors (Lipinski definition) is 1. The summed E-state index contributed by atoms with van der Waals surface area (Å²) in [4.78, 5) is 14.8. The molecule has 1 heterocycles. The third-order valence-corrected chi connectivity index (χ3v) is 2.13. The van der Waals surface area contributed by atoms with Gasteiger partial charge < -0.3 is 9.84 Å². The highest BCUT2D eigenvalue weighted by molar-refractivity contribution is 5.87. The van der Waals surface area contributed by atoms with Gasteiger partial charge in [-0.3, -0.25) is 4.98 Å². The molecule has 0 bridgehead atoms. The molecule has 0 aliphatic heterocycles. The van der Waals surface area contributed by atoms with Crippen LogP contribution in [-0.2, 0) is 10.3 Å². The quantitative estimate of drug-likeness (QED) is 0.796. The van der Waals surface area contributed by atoms with Crippen LogP contribution in [0.15, 0.2) is 18.3 Å². The van der Waals surface area contributed by atoms with Crippen molar-refractivity contribution < 1.29 is 14.6 Å². The number of aromatic carboxylic acids is 1. The summed E-state index contributed by atoms with van der Waals surface area (Å²) < 4.78 is 5.20. The molecule has 4 nitrogen and oxygen atoms in total. The molecule has 0 fully saturated rings. The second kappa shape index (κ2) is 3.75. The minimum absolute atomic E-state index is 0.222. The van der Waals surface area contributed by atoms with Gasteiger partial charge in [-0.05, 0) is 26.0 Å². The van der Waals surface area contributed by atoms with Gasteiger partial charge in [-0.15, -0.1) is 0 Å². The molecule has 0 aromatic carbocycles. The van der Waals surface area contributed by atoms with Gasteiger partial charge in [-0.25, -0.2) is 4.79 Å². The molecule has 4 heteroatoms. The number of carboxylic acids is 1. The fourth-order valence-electron chi connectivity index (χ4n) is 0.997. The van der Waals surface area contributed by atoms with Crippen molar-refractivity contribution in [3.8, 4) is 0 Å². The molecule has 0 amide bonds. The van der Waals surface area contributed by atoms with Crippen LogP contribution < -0.4 is 0 Å². The fraction of sp³-hybridized carbons (Fsp3) is 0.400. The van der Waals surface area contributed by atoms with Gasteiger partial charge in [0, 0.05) is 13.3 Å². The van der Waals surface area contributed by atoms with Gasteiger partial charge >= 0.3 is 5.97 Å². The zero-order valence-electron chi connectivity index (χ0n) is 8.44. The fourth-order valence-corrected chi connectivity index (χ4v) is 0.997. The Morgan fingerprint density at radius 3 is 2.71 bits per heavy atom. The Kier molecular flexibility index (Phi) is 2.86. The largest absolute Gasteiger partial charge is 0.478 e. The molecule has 0 radical (unpaired) electrons. The number of hydrogen-bond acceptors (Lipinski definition) is 3. The molecule has 1 N–H and O–H groups in total. The molecule has 1 aromatic rings. The maximum absolute atomic E-state index is 10.7. The van der Waals surface area contributed by atoms with Crippen LogP contribution in [0.3, 0.4) is 0 Å². The van der Waals surface area contributed by atoms with E-state index in [2.05, 4.69) is 4.98 Å². The lowest BCUT2D eigenvalue weighted by atomic mass is 10.0. The van der Waals surface area contributed by atoms with Gasteiger partial charge in [0.15, 0.2) is 0 Å². The van der Waals surface area contributed by atoms with E-state index in [1.807, 2.05) is 13.8 Å². The number of rotatable bonds is 3. The van der Waals surface area contributed by atoms with Crippen molar-refractivity contribution in [3.63, 3.8) is 0 Å². The van der Waals surface area contributed by atoms with E-state index in [-0.39, 0.29) is 5.56 Å². The number of methoxy groups -OCH3 is 1. The van der Waals surface area contributed by atoms with Gasteiger partial charge in [-0.1, -0.05) is 0 Å². The molecule has 76 valence electrons. The lowest BCUT2D eigenvalue weighted by Gasteiger charge is -2.22. The third-order valence-electron chi connectivity index (χ3n) is 2.13. The third kappa shape index (κ3) is 2.09. The Morgan fingerprint density at radius 1 is 1.57 bits per heavy atom. The van der Waals surface area contributed by atoms with Crippen molar-refractivity contribution in [1.82, 2.24) is 4.98 Å². The highest BCUT2D eigenvalue weighted by atomic mass is 16.5. The summed E-state index contributed by atoms with van der Waals surface area (Å²) in [5, 5.41) is 8.78. The van der Waals surface area contributed by atoms with Crippen molar-refractivity contribution in [2.24, 2.45) is 0 Å². The molecule has 0 saturated carbocycles. The second-order valence-corrected chi connectivity index (χ2v) is 3.45. The number of carbonyl (C=O) groups is 1. The number of nitrogens with zero attached hydrogens (tertiary/aromatic N) is 1. The normalized spacial score (nSPS) is 11.4. The van der Waals surface area contributed by atoms with E-state index in [9.17, 15) is 4.79 Å². The van der Waals surface area contributed by atoms with Crippen LogP contribution in [-0.4, -0.2) is 23.2 Å². The maximum Gasteiger partial charge on any atom is 0.335 e. The van der Waals surface area contributed by atoms with E-state index in [0.717, 1.165) is 0 Å². The van der Waals surface area contributed by atoms with Crippen LogP contribution in [0.5, 0.6) is 0 Å². The molecule has 0 aliphatic rings.